The van der Waals surface area contributed by atoms with E-state index in [1.807, 2.05) is 0 Å². The fraction of sp³-hybridized carbons (Fsp3) is 0.700. The van der Waals surface area contributed by atoms with Crippen LogP contribution in [0.5, 0.6) is 0 Å². The number of nitrogens with two attached hydrogens (primary N) is 1. The van der Waals surface area contributed by atoms with Crippen molar-refractivity contribution in [1.82, 2.24) is 0 Å². The molecular formula is C20H32NO5P. The van der Waals surface area contributed by atoms with Gasteiger partial charge in [-0.2, -0.15) is 0 Å². The van der Waals surface area contributed by atoms with E-state index in [0.29, 0.717) is 24.9 Å². The van der Waals surface area contributed by atoms with E-state index >= 15 is 0 Å². The van der Waals surface area contributed by atoms with Crippen LogP contribution in [0.2, 0.25) is 0 Å². The molecule has 1 aromatic rings. The molecule has 27 heavy (non-hydrogen) atoms. The minimum Gasteiger partial charge on any atom is -0.378 e. The molecule has 2 aliphatic carbocycles. The summed E-state index contributed by atoms with van der Waals surface area (Å²) in [6, 6.07) is 6.72. The predicted molar refractivity (Wildman–Crippen MR) is 105 cm³/mol. The van der Waals surface area contributed by atoms with Crippen molar-refractivity contribution >= 4 is 7.82 Å². The maximum atomic E-state index is 11.0. The molecule has 3 rings (SSSR count). The minimum absolute atomic E-state index is 0.102. The van der Waals surface area contributed by atoms with Crippen LogP contribution in [0.3, 0.4) is 0 Å². The van der Waals surface area contributed by atoms with Crippen molar-refractivity contribution in [2.45, 2.75) is 75.9 Å². The lowest BCUT2D eigenvalue weighted by Crippen LogP contribution is -2.41. The summed E-state index contributed by atoms with van der Waals surface area (Å²) < 4.78 is 21.6. The Morgan fingerprint density at radius 2 is 2.11 bits per heavy atom. The number of ether oxygens (including phenoxy) is 1. The number of aryl methyl sites for hydroxylation is 1. The molecule has 0 unspecified atom stereocenters. The highest BCUT2D eigenvalue weighted by Crippen LogP contribution is 2.44. The fourth-order valence-electron chi connectivity index (χ4n) is 4.32. The summed E-state index contributed by atoms with van der Waals surface area (Å²) in [5, 5.41) is 0. The Bertz CT molecular complexity index is 691. The first-order valence-corrected chi connectivity index (χ1v) is 11.5. The van der Waals surface area contributed by atoms with Gasteiger partial charge in [-0.3, -0.25) is 4.52 Å². The average molecular weight is 397 g/mol. The SMILES string of the molecule is CCCCO[C@H]1CCc2cc([C@H]3CC[C@](N)(COP(=O)(O)O)C3)ccc2C1. The predicted octanol–water partition coefficient (Wildman–Crippen LogP) is 3.43. The van der Waals surface area contributed by atoms with E-state index in [0.717, 1.165) is 45.1 Å². The maximum absolute atomic E-state index is 11.0. The van der Waals surface area contributed by atoms with E-state index in [2.05, 4.69) is 29.6 Å². The van der Waals surface area contributed by atoms with E-state index in [-0.39, 0.29) is 6.61 Å². The zero-order chi connectivity index (χ0) is 19.5. The average Bonchev–Trinajstić information content (AvgIpc) is 3.02. The molecule has 4 N–H and O–H groups in total. The van der Waals surface area contributed by atoms with E-state index in [1.165, 1.54) is 16.7 Å². The van der Waals surface area contributed by atoms with Gasteiger partial charge in [0.05, 0.1) is 12.7 Å². The first-order chi connectivity index (χ1) is 12.8. The lowest BCUT2D eigenvalue weighted by molar-refractivity contribution is 0.0424. The third-order valence-corrected chi connectivity index (χ3v) is 6.37. The topological polar surface area (TPSA) is 102 Å². The van der Waals surface area contributed by atoms with Crippen molar-refractivity contribution in [3.63, 3.8) is 0 Å². The molecule has 0 saturated heterocycles. The third kappa shape index (κ3) is 5.86. The van der Waals surface area contributed by atoms with Gasteiger partial charge in [0.1, 0.15) is 0 Å². The van der Waals surface area contributed by atoms with Crippen LogP contribution in [-0.2, 0) is 26.7 Å². The van der Waals surface area contributed by atoms with Crippen LogP contribution in [0, 0.1) is 0 Å². The van der Waals surface area contributed by atoms with Crippen molar-refractivity contribution < 1.29 is 23.6 Å². The summed E-state index contributed by atoms with van der Waals surface area (Å²) in [5.74, 6) is 0.319. The second kappa shape index (κ2) is 8.73. The van der Waals surface area contributed by atoms with Gasteiger partial charge in [-0.05, 0) is 67.6 Å². The third-order valence-electron chi connectivity index (χ3n) is 5.90. The monoisotopic (exact) mass is 397 g/mol. The van der Waals surface area contributed by atoms with Gasteiger partial charge >= 0.3 is 7.82 Å². The zero-order valence-corrected chi connectivity index (χ0v) is 17.0. The van der Waals surface area contributed by atoms with Crippen LogP contribution in [0.15, 0.2) is 18.2 Å². The van der Waals surface area contributed by atoms with Gasteiger partial charge in [-0.15, -0.1) is 0 Å². The maximum Gasteiger partial charge on any atom is 0.469 e. The number of rotatable bonds is 8. The molecule has 152 valence electrons. The summed E-state index contributed by atoms with van der Waals surface area (Å²) in [6.07, 6.45) is 8.04. The Hall–Kier alpha value is -0.750. The number of phosphoric ester groups is 1. The fourth-order valence-corrected chi connectivity index (χ4v) is 4.74. The molecule has 1 fully saturated rings. The van der Waals surface area contributed by atoms with E-state index < -0.39 is 13.4 Å². The van der Waals surface area contributed by atoms with Crippen molar-refractivity contribution in [3.05, 3.63) is 34.9 Å². The lowest BCUT2D eigenvalue weighted by atomic mass is 9.85. The number of hydrogen-bond acceptors (Lipinski definition) is 4. The van der Waals surface area contributed by atoms with Crippen molar-refractivity contribution in [1.29, 1.82) is 0 Å². The van der Waals surface area contributed by atoms with Crippen LogP contribution in [0.25, 0.3) is 0 Å². The molecule has 7 heteroatoms. The zero-order valence-electron chi connectivity index (χ0n) is 16.1. The lowest BCUT2D eigenvalue weighted by Gasteiger charge is -2.27. The first kappa shape index (κ1) is 21.0. The second-order valence-electron chi connectivity index (χ2n) is 8.18. The van der Waals surface area contributed by atoms with E-state index in [9.17, 15) is 4.57 Å². The Morgan fingerprint density at radius 1 is 1.30 bits per heavy atom. The van der Waals surface area contributed by atoms with E-state index in [4.69, 9.17) is 20.3 Å². The van der Waals surface area contributed by atoms with Crippen molar-refractivity contribution in [3.8, 4) is 0 Å². The molecule has 0 spiro atoms. The largest absolute Gasteiger partial charge is 0.469 e. The summed E-state index contributed by atoms with van der Waals surface area (Å²) in [6.45, 7) is 2.93. The van der Waals surface area contributed by atoms with Gasteiger partial charge in [0.25, 0.3) is 0 Å². The summed E-state index contributed by atoms with van der Waals surface area (Å²) in [7, 11) is -4.48. The quantitative estimate of drug-likeness (QED) is 0.459. The van der Waals surface area contributed by atoms with Crippen LogP contribution in [0.4, 0.5) is 0 Å². The summed E-state index contributed by atoms with van der Waals surface area (Å²) >= 11 is 0. The highest BCUT2D eigenvalue weighted by atomic mass is 31.2. The summed E-state index contributed by atoms with van der Waals surface area (Å²) in [5.41, 5.74) is 9.73. The second-order valence-corrected chi connectivity index (χ2v) is 9.42. The van der Waals surface area contributed by atoms with Gasteiger partial charge in [-0.1, -0.05) is 31.5 Å². The standard InChI is InChI=1S/C20H32NO5P/c1-2-3-10-25-19-7-6-15-11-16(4-5-17(15)12-19)18-8-9-20(21,13-18)14-26-27(22,23)24/h4-5,11,18-19H,2-3,6-10,12-14,21H2,1H3,(H2,22,23,24)/t18-,19-,20+/m0/s1. The first-order valence-electron chi connectivity index (χ1n) is 10.0. The normalized spacial score (nSPS) is 28.3. The number of unbranched alkanes of at least 4 members (excludes halogenated alkanes) is 1. The Kier molecular flexibility index (Phi) is 6.78. The number of benzene rings is 1. The van der Waals surface area contributed by atoms with Gasteiger partial charge in [0.15, 0.2) is 0 Å². The molecular weight excluding hydrogens is 365 g/mol. The van der Waals surface area contributed by atoms with E-state index in [1.54, 1.807) is 0 Å². The molecule has 0 heterocycles. The Morgan fingerprint density at radius 3 is 2.85 bits per heavy atom. The molecule has 0 aliphatic heterocycles. The molecule has 3 atom stereocenters. The highest BCUT2D eigenvalue weighted by Gasteiger charge is 2.38. The number of phosphoric acid groups is 1. The van der Waals surface area contributed by atoms with Gasteiger partial charge in [0.2, 0.25) is 0 Å². The number of hydrogen-bond donors (Lipinski definition) is 3. The molecule has 1 aromatic carbocycles. The molecule has 2 aliphatic rings. The molecule has 6 nitrogen and oxygen atoms in total. The smallest absolute Gasteiger partial charge is 0.378 e. The summed E-state index contributed by atoms with van der Waals surface area (Å²) in [4.78, 5) is 17.8. The molecule has 0 amide bonds. The Balaban J connectivity index is 1.59. The molecule has 0 radical (unpaired) electrons. The Labute approximate surface area is 161 Å². The van der Waals surface area contributed by atoms with Gasteiger partial charge in [0, 0.05) is 12.1 Å². The van der Waals surface area contributed by atoms with Crippen LogP contribution < -0.4 is 5.73 Å². The minimum atomic E-state index is -4.48. The van der Waals surface area contributed by atoms with Crippen LogP contribution >= 0.6 is 7.82 Å². The van der Waals surface area contributed by atoms with Crippen molar-refractivity contribution in [2.24, 2.45) is 5.73 Å². The van der Waals surface area contributed by atoms with Crippen LogP contribution in [0.1, 0.15) is 68.1 Å². The molecule has 0 aromatic heterocycles. The van der Waals surface area contributed by atoms with Gasteiger partial charge in [-0.25, -0.2) is 4.57 Å². The van der Waals surface area contributed by atoms with Crippen molar-refractivity contribution in [2.75, 3.05) is 13.2 Å². The highest BCUT2D eigenvalue weighted by molar-refractivity contribution is 7.46. The number of fused-ring (bicyclic) bond motifs is 1. The van der Waals surface area contributed by atoms with Crippen LogP contribution in [-0.4, -0.2) is 34.6 Å². The van der Waals surface area contributed by atoms with Gasteiger partial charge < -0.3 is 20.3 Å². The molecule has 1 saturated carbocycles. The molecule has 0 bridgehead atoms.